The van der Waals surface area contributed by atoms with Gasteiger partial charge in [-0.1, -0.05) is 26.2 Å². The van der Waals surface area contributed by atoms with Crippen LogP contribution in [0.1, 0.15) is 70.1 Å². The molecule has 1 aliphatic heterocycles. The number of hydrogen-bond donors (Lipinski definition) is 0. The minimum atomic E-state index is 0.409. The molecule has 2 rings (SSSR count). The summed E-state index contributed by atoms with van der Waals surface area (Å²) < 4.78 is 7.61. The minimum Gasteiger partial charge on any atom is -0.374 e. The molecule has 1 aliphatic rings. The van der Waals surface area contributed by atoms with Crippen LogP contribution >= 0.6 is 0 Å². The summed E-state index contributed by atoms with van der Waals surface area (Å²) in [5, 5.41) is 4.68. The summed E-state index contributed by atoms with van der Waals surface area (Å²) in [6.07, 6.45) is 7.44. The van der Waals surface area contributed by atoms with Crippen LogP contribution < -0.4 is 0 Å². The number of hydrogen-bond acceptors (Lipinski definition) is 4. The van der Waals surface area contributed by atoms with Crippen LogP contribution in [0.5, 0.6) is 0 Å². The number of ether oxygens (including phenoxy) is 1. The third kappa shape index (κ3) is 4.51. The van der Waals surface area contributed by atoms with Crippen LogP contribution in [-0.2, 0) is 17.9 Å². The second-order valence-corrected chi connectivity index (χ2v) is 5.95. The smallest absolute Gasteiger partial charge is 0.176 e. The van der Waals surface area contributed by atoms with Gasteiger partial charge in [-0.2, -0.15) is 5.10 Å². The molecule has 1 saturated heterocycles. The lowest BCUT2D eigenvalue weighted by atomic mass is 10.1. The highest BCUT2D eigenvalue weighted by atomic mass is 16.5. The van der Waals surface area contributed by atoms with Crippen molar-refractivity contribution in [1.29, 1.82) is 0 Å². The van der Waals surface area contributed by atoms with E-state index in [-0.39, 0.29) is 0 Å². The summed E-state index contributed by atoms with van der Waals surface area (Å²) in [5.41, 5.74) is 0. The average Bonchev–Trinajstić information content (AvgIpc) is 2.76. The molecule has 0 N–H and O–H groups in total. The zero-order valence-electron chi connectivity index (χ0n) is 13.8. The van der Waals surface area contributed by atoms with Gasteiger partial charge < -0.3 is 4.74 Å². The largest absolute Gasteiger partial charge is 0.374 e. The third-order valence-corrected chi connectivity index (χ3v) is 4.22. The molecular weight excluding hydrogens is 264 g/mol. The van der Waals surface area contributed by atoms with Crippen molar-refractivity contribution in [2.45, 2.75) is 71.6 Å². The van der Waals surface area contributed by atoms with Crippen molar-refractivity contribution in [3.63, 3.8) is 0 Å². The molecule has 0 aliphatic carbocycles. The summed E-state index contributed by atoms with van der Waals surface area (Å²) >= 11 is 0. The first-order chi connectivity index (χ1) is 10.3. The van der Waals surface area contributed by atoms with Crippen molar-refractivity contribution in [3.8, 4) is 0 Å². The molecule has 1 fully saturated rings. The average molecular weight is 294 g/mol. The van der Waals surface area contributed by atoms with E-state index in [0.717, 1.165) is 31.2 Å². The van der Waals surface area contributed by atoms with Gasteiger partial charge in [0.25, 0.3) is 0 Å². The Hall–Kier alpha value is -0.940. The Balaban J connectivity index is 2.18. The highest BCUT2D eigenvalue weighted by Gasteiger charge is 2.25. The van der Waals surface area contributed by atoms with Gasteiger partial charge in [-0.05, 0) is 39.8 Å². The normalized spacial score (nSPS) is 20.6. The first kappa shape index (κ1) is 16.4. The predicted octanol–water partition coefficient (Wildman–Crippen LogP) is 3.16. The van der Waals surface area contributed by atoms with E-state index < -0.39 is 0 Å². The van der Waals surface area contributed by atoms with Gasteiger partial charge in [0.1, 0.15) is 12.4 Å². The van der Waals surface area contributed by atoms with Gasteiger partial charge in [-0.3, -0.25) is 4.90 Å². The van der Waals surface area contributed by atoms with E-state index in [0.29, 0.717) is 19.3 Å². The van der Waals surface area contributed by atoms with E-state index in [1.807, 2.05) is 6.92 Å². The maximum Gasteiger partial charge on any atom is 0.176 e. The molecule has 0 aromatic carbocycles. The number of nitrogens with zero attached hydrogens (tertiary/aromatic N) is 4. The molecule has 0 spiro atoms. The van der Waals surface area contributed by atoms with Gasteiger partial charge >= 0.3 is 0 Å². The van der Waals surface area contributed by atoms with Gasteiger partial charge in [0.2, 0.25) is 0 Å². The number of aromatic nitrogens is 3. The van der Waals surface area contributed by atoms with E-state index in [1.165, 1.54) is 32.1 Å². The van der Waals surface area contributed by atoms with Crippen molar-refractivity contribution >= 4 is 0 Å². The van der Waals surface area contributed by atoms with Gasteiger partial charge in [-0.25, -0.2) is 9.67 Å². The van der Waals surface area contributed by atoms with Crippen molar-refractivity contribution in [1.82, 2.24) is 19.7 Å². The van der Waals surface area contributed by atoms with Crippen LogP contribution in [0.15, 0.2) is 0 Å². The van der Waals surface area contributed by atoms with E-state index in [4.69, 9.17) is 9.72 Å². The van der Waals surface area contributed by atoms with E-state index >= 15 is 0 Å². The molecule has 2 heterocycles. The SMILES string of the molecule is CCCCn1nc(COCC)nc1C1CCCCCN1C. The Morgan fingerprint density at radius 1 is 1.24 bits per heavy atom. The third-order valence-electron chi connectivity index (χ3n) is 4.22. The van der Waals surface area contributed by atoms with Crippen LogP contribution in [0.4, 0.5) is 0 Å². The van der Waals surface area contributed by atoms with Crippen molar-refractivity contribution < 1.29 is 4.74 Å². The van der Waals surface area contributed by atoms with Gasteiger partial charge in [0.15, 0.2) is 5.82 Å². The summed E-state index contributed by atoms with van der Waals surface area (Å²) in [6.45, 7) is 7.59. The highest BCUT2D eigenvalue weighted by molar-refractivity contribution is 5.00. The predicted molar refractivity (Wildman–Crippen MR) is 84.1 cm³/mol. The molecule has 1 aromatic heterocycles. The fourth-order valence-electron chi connectivity index (χ4n) is 2.95. The minimum absolute atomic E-state index is 0.409. The molecule has 5 nitrogen and oxygen atoms in total. The van der Waals surface area contributed by atoms with Crippen LogP contribution in [0, 0.1) is 0 Å². The molecule has 0 saturated carbocycles. The summed E-state index contributed by atoms with van der Waals surface area (Å²) in [4.78, 5) is 7.25. The Morgan fingerprint density at radius 2 is 2.10 bits per heavy atom. The highest BCUT2D eigenvalue weighted by Crippen LogP contribution is 2.28. The Kier molecular flexibility index (Phi) is 6.64. The molecule has 1 atom stereocenters. The van der Waals surface area contributed by atoms with Crippen molar-refractivity contribution in [3.05, 3.63) is 11.6 Å². The van der Waals surface area contributed by atoms with Gasteiger partial charge in [-0.15, -0.1) is 0 Å². The molecule has 0 radical (unpaired) electrons. The second kappa shape index (κ2) is 8.49. The lowest BCUT2D eigenvalue weighted by molar-refractivity contribution is 0.128. The first-order valence-electron chi connectivity index (χ1n) is 8.47. The summed E-state index contributed by atoms with van der Waals surface area (Å²) in [7, 11) is 2.22. The molecule has 21 heavy (non-hydrogen) atoms. The monoisotopic (exact) mass is 294 g/mol. The van der Waals surface area contributed by atoms with Crippen LogP contribution in [0.2, 0.25) is 0 Å². The summed E-state index contributed by atoms with van der Waals surface area (Å²) in [5.74, 6) is 1.98. The lowest BCUT2D eigenvalue weighted by Crippen LogP contribution is -2.27. The number of aryl methyl sites for hydroxylation is 1. The molecule has 120 valence electrons. The summed E-state index contributed by atoms with van der Waals surface area (Å²) in [6, 6.07) is 0.409. The topological polar surface area (TPSA) is 43.2 Å². The van der Waals surface area contributed by atoms with E-state index in [9.17, 15) is 0 Å². The van der Waals surface area contributed by atoms with Crippen LogP contribution in [0.25, 0.3) is 0 Å². The van der Waals surface area contributed by atoms with Crippen molar-refractivity contribution in [2.24, 2.45) is 0 Å². The molecule has 1 aromatic rings. The Bertz CT molecular complexity index is 418. The molecule has 0 bridgehead atoms. The Morgan fingerprint density at radius 3 is 2.86 bits per heavy atom. The van der Waals surface area contributed by atoms with Crippen LogP contribution in [-0.4, -0.2) is 39.9 Å². The van der Waals surface area contributed by atoms with Crippen molar-refractivity contribution in [2.75, 3.05) is 20.2 Å². The van der Waals surface area contributed by atoms with Gasteiger partial charge in [0.05, 0.1) is 6.04 Å². The van der Waals surface area contributed by atoms with E-state index in [1.54, 1.807) is 0 Å². The maximum atomic E-state index is 5.48. The number of rotatable bonds is 7. The lowest BCUT2D eigenvalue weighted by Gasteiger charge is -2.25. The fourth-order valence-corrected chi connectivity index (χ4v) is 2.95. The maximum absolute atomic E-state index is 5.48. The van der Waals surface area contributed by atoms with Gasteiger partial charge in [0, 0.05) is 13.2 Å². The first-order valence-corrected chi connectivity index (χ1v) is 8.47. The quantitative estimate of drug-likeness (QED) is 0.775. The molecular formula is C16H30N4O. The number of likely N-dealkylation sites (tertiary alicyclic amines) is 1. The Labute approximate surface area is 128 Å². The standard InChI is InChI=1S/C16H30N4O/c1-4-6-12-20-16(17-15(18-20)13-21-5-2)14-10-8-7-9-11-19(14)3/h14H,4-13H2,1-3H3. The zero-order valence-corrected chi connectivity index (χ0v) is 13.8. The molecule has 5 heteroatoms. The molecule has 1 unspecified atom stereocenters. The molecule has 0 amide bonds. The second-order valence-electron chi connectivity index (χ2n) is 5.95. The fraction of sp³-hybridized carbons (Fsp3) is 0.875. The van der Waals surface area contributed by atoms with E-state index in [2.05, 4.69) is 28.7 Å². The van der Waals surface area contributed by atoms with Crippen LogP contribution in [0.3, 0.4) is 0 Å². The number of unbranched alkanes of at least 4 members (excludes halogenated alkanes) is 1. The zero-order chi connectivity index (χ0) is 15.1.